The summed E-state index contributed by atoms with van der Waals surface area (Å²) in [5, 5.41) is 4.28. The van der Waals surface area contributed by atoms with Crippen molar-refractivity contribution in [3.63, 3.8) is 0 Å². The van der Waals surface area contributed by atoms with Crippen molar-refractivity contribution in [3.8, 4) is 0 Å². The van der Waals surface area contributed by atoms with E-state index >= 15 is 0 Å². The Morgan fingerprint density at radius 2 is 2.00 bits per heavy atom. The Balaban J connectivity index is 1.88. The highest BCUT2D eigenvalue weighted by atomic mass is 32.2. The van der Waals surface area contributed by atoms with E-state index in [0.717, 1.165) is 24.1 Å². The molecule has 6 heteroatoms. The molecule has 2 aromatic rings. The number of anilines is 1. The van der Waals surface area contributed by atoms with Crippen LogP contribution in [0.2, 0.25) is 0 Å². The summed E-state index contributed by atoms with van der Waals surface area (Å²) in [4.78, 5) is 33.4. The maximum Gasteiger partial charge on any atom is 0.257 e. The summed E-state index contributed by atoms with van der Waals surface area (Å²) in [6.45, 7) is 4.23. The van der Waals surface area contributed by atoms with Gasteiger partial charge in [-0.05, 0) is 18.4 Å². The Hall–Kier alpha value is -2.34. The van der Waals surface area contributed by atoms with Gasteiger partial charge in [-0.25, -0.2) is 4.98 Å². The average molecular weight is 382 g/mol. The van der Waals surface area contributed by atoms with Crippen LogP contribution in [0, 0.1) is 5.92 Å². The number of aromatic nitrogens is 2. The van der Waals surface area contributed by atoms with Gasteiger partial charge in [-0.3, -0.25) is 9.59 Å². The lowest BCUT2D eigenvalue weighted by atomic mass is 9.72. The van der Waals surface area contributed by atoms with Gasteiger partial charge < -0.3 is 10.3 Å². The van der Waals surface area contributed by atoms with Crippen LogP contribution in [0.4, 0.5) is 5.82 Å². The van der Waals surface area contributed by atoms with Crippen molar-refractivity contribution in [1.82, 2.24) is 9.97 Å². The molecule has 2 N–H and O–H groups in total. The van der Waals surface area contributed by atoms with Gasteiger partial charge in [0.1, 0.15) is 11.6 Å². The minimum atomic E-state index is -0.343. The third-order valence-electron chi connectivity index (χ3n) is 5.32. The van der Waals surface area contributed by atoms with Gasteiger partial charge in [-0.1, -0.05) is 62.0 Å². The molecule has 2 heterocycles. The van der Waals surface area contributed by atoms with Gasteiger partial charge in [0.05, 0.1) is 11.5 Å². The molecule has 0 saturated heterocycles. The first kappa shape index (κ1) is 18.0. The first-order chi connectivity index (χ1) is 13.1. The lowest BCUT2D eigenvalue weighted by Crippen LogP contribution is -2.38. The lowest BCUT2D eigenvalue weighted by molar-refractivity contribution is -0.122. The Kier molecular flexibility index (Phi) is 4.91. The number of thioether (sulfide) groups is 1. The highest BCUT2D eigenvalue weighted by Crippen LogP contribution is 2.44. The number of carbonyl (C=O) groups is 1. The summed E-state index contributed by atoms with van der Waals surface area (Å²) < 4.78 is 0. The summed E-state index contributed by atoms with van der Waals surface area (Å²) in [5.41, 5.74) is 2.25. The number of ketones is 1. The van der Waals surface area contributed by atoms with E-state index in [1.807, 2.05) is 30.3 Å². The van der Waals surface area contributed by atoms with Crippen molar-refractivity contribution < 1.29 is 4.79 Å². The Labute approximate surface area is 162 Å². The first-order valence-electron chi connectivity index (χ1n) is 9.44. The van der Waals surface area contributed by atoms with Crippen LogP contribution < -0.4 is 10.9 Å². The number of rotatable bonds is 4. The molecule has 1 aromatic heterocycles. The van der Waals surface area contributed by atoms with Crippen molar-refractivity contribution in [2.45, 2.75) is 49.4 Å². The molecule has 27 heavy (non-hydrogen) atoms. The second-order valence-electron chi connectivity index (χ2n) is 7.13. The predicted octanol–water partition coefficient (Wildman–Crippen LogP) is 4.08. The Morgan fingerprint density at radius 1 is 1.22 bits per heavy atom. The van der Waals surface area contributed by atoms with Crippen molar-refractivity contribution in [1.29, 1.82) is 0 Å². The fourth-order valence-corrected chi connectivity index (χ4v) is 4.66. The maximum atomic E-state index is 13.0. The quantitative estimate of drug-likeness (QED) is 0.616. The topological polar surface area (TPSA) is 74.8 Å². The van der Waals surface area contributed by atoms with E-state index in [1.54, 1.807) is 11.8 Å². The second kappa shape index (κ2) is 7.35. The number of fused-ring (bicyclic) bond motifs is 2. The van der Waals surface area contributed by atoms with Crippen LogP contribution in [0.3, 0.4) is 0 Å². The van der Waals surface area contributed by atoms with E-state index in [0.29, 0.717) is 28.2 Å². The molecule has 0 amide bonds. The number of hydrogen-bond acceptors (Lipinski definition) is 5. The third kappa shape index (κ3) is 3.34. The number of carbonyl (C=O) groups excluding carboxylic acids is 1. The molecule has 2 aliphatic rings. The molecule has 4 rings (SSSR count). The van der Waals surface area contributed by atoms with Gasteiger partial charge >= 0.3 is 0 Å². The van der Waals surface area contributed by atoms with Crippen molar-refractivity contribution >= 4 is 23.4 Å². The molecule has 0 saturated carbocycles. The third-order valence-corrected chi connectivity index (χ3v) is 6.48. The highest BCUT2D eigenvalue weighted by Gasteiger charge is 2.42. The lowest BCUT2D eigenvalue weighted by Gasteiger charge is -2.36. The van der Waals surface area contributed by atoms with Gasteiger partial charge in [-0.2, -0.15) is 0 Å². The van der Waals surface area contributed by atoms with Crippen LogP contribution in [0.15, 0.2) is 52.1 Å². The molecule has 0 fully saturated rings. The minimum Gasteiger partial charge on any atom is -0.343 e. The second-order valence-corrected chi connectivity index (χ2v) is 8.55. The van der Waals surface area contributed by atoms with Crippen molar-refractivity contribution in [3.05, 3.63) is 63.6 Å². The van der Waals surface area contributed by atoms with Crippen LogP contribution in [-0.2, 0) is 4.79 Å². The number of nitrogens with one attached hydrogen (secondary N) is 2. The largest absolute Gasteiger partial charge is 0.343 e. The number of H-pyrrole nitrogens is 1. The SMILES string of the molecule is CC[C@@H](C)Sc1nc2c(c(=O)[nH]1)[C@H](c1ccccc1)[C@H]1C(=O)CCC=C1N2. The number of aromatic amines is 1. The van der Waals surface area contributed by atoms with E-state index in [9.17, 15) is 9.59 Å². The standard InChI is InChI=1S/C21H23N3O2S/c1-3-12(2)27-21-23-19-18(20(26)24-21)16(13-8-5-4-6-9-13)17-14(22-19)10-7-11-15(17)25/h4-6,8-10,12,16-17H,3,7,11H2,1-2H3,(H2,22,23,24,26)/t12-,16-,17-/m1/s1. The molecule has 3 atom stereocenters. The fourth-order valence-electron chi connectivity index (χ4n) is 3.82. The molecule has 1 aliphatic heterocycles. The molecule has 0 unspecified atom stereocenters. The number of nitrogens with zero attached hydrogens (tertiary/aromatic N) is 1. The molecule has 0 bridgehead atoms. The predicted molar refractivity (Wildman–Crippen MR) is 108 cm³/mol. The zero-order valence-corrected chi connectivity index (χ0v) is 16.3. The zero-order chi connectivity index (χ0) is 19.0. The molecule has 0 radical (unpaired) electrons. The summed E-state index contributed by atoms with van der Waals surface area (Å²) in [6.07, 6.45) is 4.32. The van der Waals surface area contributed by atoms with Gasteiger partial charge in [0.25, 0.3) is 5.56 Å². The van der Waals surface area contributed by atoms with E-state index in [2.05, 4.69) is 30.2 Å². The fraction of sp³-hybridized carbons (Fsp3) is 0.381. The highest BCUT2D eigenvalue weighted by molar-refractivity contribution is 7.99. The summed E-state index contributed by atoms with van der Waals surface area (Å²) in [6, 6.07) is 9.81. The van der Waals surface area contributed by atoms with Crippen LogP contribution in [0.1, 0.15) is 50.2 Å². The van der Waals surface area contributed by atoms with Crippen molar-refractivity contribution in [2.24, 2.45) is 5.92 Å². The van der Waals surface area contributed by atoms with E-state index in [-0.39, 0.29) is 23.2 Å². The molecule has 1 aromatic carbocycles. The number of allylic oxidation sites excluding steroid dienone is 2. The van der Waals surface area contributed by atoms with Gasteiger partial charge in [0.15, 0.2) is 5.16 Å². The number of hydrogen-bond donors (Lipinski definition) is 2. The van der Waals surface area contributed by atoms with Crippen LogP contribution >= 0.6 is 11.8 Å². The Bertz CT molecular complexity index is 952. The van der Waals surface area contributed by atoms with Gasteiger partial charge in [0, 0.05) is 23.3 Å². The molecule has 1 aliphatic carbocycles. The normalized spacial score (nSPS) is 22.3. The van der Waals surface area contributed by atoms with Gasteiger partial charge in [0.2, 0.25) is 0 Å². The van der Waals surface area contributed by atoms with E-state index in [1.165, 1.54) is 0 Å². The minimum absolute atomic E-state index is 0.162. The summed E-state index contributed by atoms with van der Waals surface area (Å²) in [5.74, 6) is 0.109. The van der Waals surface area contributed by atoms with Gasteiger partial charge in [-0.15, -0.1) is 0 Å². The van der Waals surface area contributed by atoms with Crippen LogP contribution in [-0.4, -0.2) is 21.0 Å². The average Bonchev–Trinajstić information content (AvgIpc) is 2.67. The summed E-state index contributed by atoms with van der Waals surface area (Å²) >= 11 is 1.56. The van der Waals surface area contributed by atoms with Crippen molar-refractivity contribution in [2.75, 3.05) is 5.32 Å². The molecule has 0 spiro atoms. The maximum absolute atomic E-state index is 13.0. The van der Waals surface area contributed by atoms with E-state index < -0.39 is 0 Å². The smallest absolute Gasteiger partial charge is 0.257 e. The number of Topliss-reactive ketones (excluding diaryl/α,β-unsaturated/α-hetero) is 1. The molecular formula is C21H23N3O2S. The molecule has 5 nitrogen and oxygen atoms in total. The number of benzene rings is 1. The monoisotopic (exact) mass is 381 g/mol. The summed E-state index contributed by atoms with van der Waals surface area (Å²) in [7, 11) is 0. The molecule has 140 valence electrons. The van der Waals surface area contributed by atoms with Crippen LogP contribution in [0.25, 0.3) is 0 Å². The first-order valence-corrected chi connectivity index (χ1v) is 10.3. The molecular weight excluding hydrogens is 358 g/mol. The van der Waals surface area contributed by atoms with Crippen LogP contribution in [0.5, 0.6) is 0 Å². The zero-order valence-electron chi connectivity index (χ0n) is 15.5. The Morgan fingerprint density at radius 3 is 2.74 bits per heavy atom. The van der Waals surface area contributed by atoms with E-state index in [4.69, 9.17) is 4.98 Å².